The summed E-state index contributed by atoms with van der Waals surface area (Å²) in [6.45, 7) is 1.84. The van der Waals surface area contributed by atoms with Gasteiger partial charge in [0.1, 0.15) is 23.6 Å². The molecule has 10 heteroatoms. The first-order chi connectivity index (χ1) is 15.5. The van der Waals surface area contributed by atoms with Gasteiger partial charge in [-0.15, -0.1) is 0 Å². The second-order valence-corrected chi connectivity index (χ2v) is 7.41. The third kappa shape index (κ3) is 4.54. The third-order valence-corrected chi connectivity index (χ3v) is 5.66. The number of carbonyl (C=O) groups is 2. The fraction of sp³-hybridized carbons (Fsp3) is 0.318. The minimum Gasteiger partial charge on any atom is -0.496 e. The minimum atomic E-state index is -0.567. The van der Waals surface area contributed by atoms with E-state index in [0.29, 0.717) is 33.3 Å². The number of hydrogen-bond donors (Lipinski definition) is 0. The maximum atomic E-state index is 13.2. The molecule has 0 N–H and O–H groups in total. The highest BCUT2D eigenvalue weighted by Crippen LogP contribution is 2.34. The number of ether oxygens (including phenoxy) is 5. The smallest absolute Gasteiger partial charge is 0.326 e. The number of methoxy groups -OCH3 is 4. The van der Waals surface area contributed by atoms with Crippen LogP contribution in [0.4, 0.5) is 0 Å². The summed E-state index contributed by atoms with van der Waals surface area (Å²) in [6, 6.07) is 8.52. The lowest BCUT2D eigenvalue weighted by molar-refractivity contribution is -0.143. The van der Waals surface area contributed by atoms with Crippen molar-refractivity contribution < 1.29 is 33.3 Å². The summed E-state index contributed by atoms with van der Waals surface area (Å²) in [7, 11) is 5.98. The number of fused-ring (bicyclic) bond motifs is 1. The molecule has 0 bridgehead atoms. The normalized spacial score (nSPS) is 11.3. The van der Waals surface area contributed by atoms with Crippen molar-refractivity contribution in [2.75, 3.05) is 35.0 Å². The SMILES string of the molecule is CCOC(=O)Cn1c(=NC(=O)c2c(OC)cccc2OC)sc2cc(OC)c(OC)cc21. The summed E-state index contributed by atoms with van der Waals surface area (Å²) in [5.41, 5.74) is 0.840. The van der Waals surface area contributed by atoms with Crippen LogP contribution in [0.1, 0.15) is 17.3 Å². The molecule has 1 amide bonds. The molecule has 3 rings (SSSR count). The van der Waals surface area contributed by atoms with Crippen molar-refractivity contribution in [2.45, 2.75) is 13.5 Å². The van der Waals surface area contributed by atoms with Crippen LogP contribution in [0.25, 0.3) is 10.2 Å². The van der Waals surface area contributed by atoms with Gasteiger partial charge in [-0.3, -0.25) is 9.59 Å². The molecule has 0 aliphatic rings. The molecule has 0 aliphatic heterocycles. The largest absolute Gasteiger partial charge is 0.496 e. The molecule has 1 heterocycles. The van der Waals surface area contributed by atoms with Gasteiger partial charge in [0, 0.05) is 12.1 Å². The molecule has 9 nitrogen and oxygen atoms in total. The fourth-order valence-electron chi connectivity index (χ4n) is 3.18. The summed E-state index contributed by atoms with van der Waals surface area (Å²) in [5.74, 6) is 0.653. The Kier molecular flexibility index (Phi) is 7.37. The van der Waals surface area contributed by atoms with Crippen LogP contribution in [0, 0.1) is 0 Å². The van der Waals surface area contributed by atoms with Crippen LogP contribution in [0.15, 0.2) is 35.3 Å². The zero-order valence-corrected chi connectivity index (χ0v) is 19.3. The fourth-order valence-corrected chi connectivity index (χ4v) is 4.21. The van der Waals surface area contributed by atoms with Crippen LogP contribution in [0.3, 0.4) is 0 Å². The highest BCUT2D eigenvalue weighted by atomic mass is 32.1. The summed E-state index contributed by atoms with van der Waals surface area (Å²) >= 11 is 1.23. The minimum absolute atomic E-state index is 0.126. The summed E-state index contributed by atoms with van der Waals surface area (Å²) in [5, 5.41) is 0. The Morgan fingerprint density at radius 1 is 0.938 bits per heavy atom. The number of amides is 1. The van der Waals surface area contributed by atoms with Crippen molar-refractivity contribution in [3.05, 3.63) is 40.7 Å². The molecule has 3 aromatic rings. The molecule has 0 fully saturated rings. The van der Waals surface area contributed by atoms with Gasteiger partial charge in [-0.2, -0.15) is 4.99 Å². The van der Waals surface area contributed by atoms with Crippen LogP contribution in [-0.4, -0.2) is 51.5 Å². The third-order valence-electron chi connectivity index (χ3n) is 4.62. The van der Waals surface area contributed by atoms with E-state index in [1.807, 2.05) is 0 Å². The molecular weight excluding hydrogens is 436 g/mol. The van der Waals surface area contributed by atoms with Crippen LogP contribution in [-0.2, 0) is 16.1 Å². The Labute approximate surface area is 188 Å². The molecule has 32 heavy (non-hydrogen) atoms. The van der Waals surface area contributed by atoms with E-state index in [4.69, 9.17) is 23.7 Å². The van der Waals surface area contributed by atoms with Crippen molar-refractivity contribution in [3.63, 3.8) is 0 Å². The van der Waals surface area contributed by atoms with Crippen molar-refractivity contribution in [2.24, 2.45) is 4.99 Å². The van der Waals surface area contributed by atoms with Crippen LogP contribution in [0.5, 0.6) is 23.0 Å². The molecule has 0 atom stereocenters. The van der Waals surface area contributed by atoms with Gasteiger partial charge < -0.3 is 28.3 Å². The van der Waals surface area contributed by atoms with E-state index in [2.05, 4.69) is 4.99 Å². The molecule has 0 spiro atoms. The van der Waals surface area contributed by atoms with E-state index in [-0.39, 0.29) is 18.7 Å². The molecule has 0 saturated carbocycles. The number of aromatic nitrogens is 1. The second-order valence-electron chi connectivity index (χ2n) is 6.41. The summed E-state index contributed by atoms with van der Waals surface area (Å²) < 4.78 is 28.9. The first kappa shape index (κ1) is 23.1. The predicted molar refractivity (Wildman–Crippen MR) is 119 cm³/mol. The van der Waals surface area contributed by atoms with Crippen LogP contribution in [0.2, 0.25) is 0 Å². The maximum Gasteiger partial charge on any atom is 0.326 e. The number of esters is 1. The van der Waals surface area contributed by atoms with Gasteiger partial charge in [0.15, 0.2) is 16.3 Å². The highest BCUT2D eigenvalue weighted by Gasteiger charge is 2.20. The monoisotopic (exact) mass is 460 g/mol. The van der Waals surface area contributed by atoms with Gasteiger partial charge in [-0.25, -0.2) is 0 Å². The summed E-state index contributed by atoms with van der Waals surface area (Å²) in [6.07, 6.45) is 0. The molecule has 0 saturated heterocycles. The van der Waals surface area contributed by atoms with Gasteiger partial charge in [0.25, 0.3) is 5.91 Å². The van der Waals surface area contributed by atoms with Gasteiger partial charge in [-0.1, -0.05) is 17.4 Å². The molecule has 2 aromatic carbocycles. The van der Waals surface area contributed by atoms with E-state index in [1.165, 1.54) is 39.8 Å². The standard InChI is InChI=1S/C22H24N2O7S/c1-6-31-19(25)12-24-13-10-16(29-4)17(30-5)11-18(13)32-22(24)23-21(26)20-14(27-2)8-7-9-15(20)28-3/h7-11H,6,12H2,1-5H3. The molecule has 0 radical (unpaired) electrons. The number of benzene rings is 2. The number of rotatable bonds is 8. The Morgan fingerprint density at radius 2 is 1.53 bits per heavy atom. The molecule has 0 unspecified atom stereocenters. The first-order valence-electron chi connectivity index (χ1n) is 9.68. The van der Waals surface area contributed by atoms with E-state index < -0.39 is 11.9 Å². The van der Waals surface area contributed by atoms with Crippen LogP contribution < -0.4 is 23.7 Å². The van der Waals surface area contributed by atoms with Crippen molar-refractivity contribution in [3.8, 4) is 23.0 Å². The van der Waals surface area contributed by atoms with E-state index in [1.54, 1.807) is 41.8 Å². The lowest BCUT2D eigenvalue weighted by atomic mass is 10.1. The second kappa shape index (κ2) is 10.2. The highest BCUT2D eigenvalue weighted by molar-refractivity contribution is 7.16. The van der Waals surface area contributed by atoms with Crippen molar-refractivity contribution in [1.29, 1.82) is 0 Å². The zero-order valence-electron chi connectivity index (χ0n) is 18.5. The Balaban J connectivity index is 2.24. The van der Waals surface area contributed by atoms with Crippen LogP contribution >= 0.6 is 11.3 Å². The Hall–Kier alpha value is -3.53. The maximum absolute atomic E-state index is 13.2. The molecule has 0 aliphatic carbocycles. The summed E-state index contributed by atoms with van der Waals surface area (Å²) in [4.78, 5) is 30.0. The van der Waals surface area contributed by atoms with Gasteiger partial charge >= 0.3 is 5.97 Å². The van der Waals surface area contributed by atoms with E-state index in [0.717, 1.165) is 4.70 Å². The number of nitrogens with zero attached hydrogens (tertiary/aromatic N) is 2. The average Bonchev–Trinajstić information content (AvgIpc) is 3.12. The number of carbonyl (C=O) groups excluding carboxylic acids is 2. The first-order valence-corrected chi connectivity index (χ1v) is 10.5. The lowest BCUT2D eigenvalue weighted by Crippen LogP contribution is -2.23. The topological polar surface area (TPSA) is 97.6 Å². The van der Waals surface area contributed by atoms with E-state index in [9.17, 15) is 9.59 Å². The van der Waals surface area contributed by atoms with Gasteiger partial charge in [0.2, 0.25) is 0 Å². The van der Waals surface area contributed by atoms with Crippen molar-refractivity contribution in [1.82, 2.24) is 4.57 Å². The number of hydrogen-bond acceptors (Lipinski definition) is 8. The quantitative estimate of drug-likeness (QED) is 0.477. The Morgan fingerprint density at radius 3 is 2.09 bits per heavy atom. The molecule has 1 aromatic heterocycles. The predicted octanol–water partition coefficient (Wildman–Crippen LogP) is 3.04. The van der Waals surface area contributed by atoms with Crippen molar-refractivity contribution >= 4 is 33.4 Å². The molecule has 170 valence electrons. The number of thiazole rings is 1. The van der Waals surface area contributed by atoms with Gasteiger partial charge in [-0.05, 0) is 19.1 Å². The van der Waals surface area contributed by atoms with Gasteiger partial charge in [0.05, 0.1) is 45.3 Å². The average molecular weight is 461 g/mol. The lowest BCUT2D eigenvalue weighted by Gasteiger charge is -2.10. The van der Waals surface area contributed by atoms with E-state index >= 15 is 0 Å². The molecular formula is C22H24N2O7S. The zero-order chi connectivity index (χ0) is 23.3. The Bertz CT molecular complexity index is 1190.